The van der Waals surface area contributed by atoms with Crippen LogP contribution in [0.3, 0.4) is 0 Å². The molecule has 2 heterocycles. The van der Waals surface area contributed by atoms with E-state index in [2.05, 4.69) is 11.4 Å². The van der Waals surface area contributed by atoms with Crippen LogP contribution in [0.25, 0.3) is 38.2 Å². The first-order chi connectivity index (χ1) is 15.1. The molecule has 2 aromatic heterocycles. The van der Waals surface area contributed by atoms with E-state index in [0.717, 1.165) is 45.7 Å². The van der Waals surface area contributed by atoms with Crippen molar-refractivity contribution >= 4 is 49.9 Å². The molecule has 3 aromatic carbocycles. The number of para-hydroxylation sites is 2. The number of imidazole rings is 1. The minimum atomic E-state index is -0.693. The lowest BCUT2D eigenvalue weighted by molar-refractivity contribution is -0.142. The Morgan fingerprint density at radius 1 is 0.935 bits per heavy atom. The van der Waals surface area contributed by atoms with Gasteiger partial charge in [-0.1, -0.05) is 24.3 Å². The number of pyridine rings is 1. The lowest BCUT2D eigenvalue weighted by Crippen LogP contribution is -2.29. The minimum absolute atomic E-state index is 0.0547. The molecular weight excluding hydrogens is 390 g/mol. The van der Waals surface area contributed by atoms with Gasteiger partial charge in [-0.05, 0) is 56.0 Å². The van der Waals surface area contributed by atoms with E-state index in [9.17, 15) is 14.7 Å². The SMILES string of the molecule is O=C(O)C1CCC(Nc2ccc3c4c2cccc4c(=O)n2c4ccccc4nc32)CC1. The Bertz CT molecular complexity index is 1530. The van der Waals surface area contributed by atoms with E-state index >= 15 is 0 Å². The van der Waals surface area contributed by atoms with Crippen LogP contribution in [0.1, 0.15) is 25.7 Å². The standard InChI is InChI=1S/C25H21N3O3/c29-24-18-5-3-4-16-19(26-15-10-8-14(9-11-15)25(30)31)13-12-17(22(16)18)23-27-20-6-1-2-7-21(20)28(23)24/h1-7,12-15,26H,8-11H2,(H,30,31). The molecule has 0 amide bonds. The minimum Gasteiger partial charge on any atom is -0.481 e. The summed E-state index contributed by atoms with van der Waals surface area (Å²) < 4.78 is 1.71. The third-order valence-electron chi connectivity index (χ3n) is 6.71. The van der Waals surface area contributed by atoms with Crippen LogP contribution in [0, 0.1) is 5.92 Å². The van der Waals surface area contributed by atoms with Crippen LogP contribution in [-0.4, -0.2) is 26.5 Å². The molecular formula is C25H21N3O3. The molecule has 6 heteroatoms. The first-order valence-corrected chi connectivity index (χ1v) is 10.7. The fourth-order valence-corrected chi connectivity index (χ4v) is 5.13. The van der Waals surface area contributed by atoms with Gasteiger partial charge in [0.05, 0.1) is 17.0 Å². The second kappa shape index (κ2) is 6.67. The highest BCUT2D eigenvalue weighted by Gasteiger charge is 2.26. The van der Waals surface area contributed by atoms with Gasteiger partial charge >= 0.3 is 5.97 Å². The predicted molar refractivity (Wildman–Crippen MR) is 122 cm³/mol. The molecule has 2 N–H and O–H groups in total. The van der Waals surface area contributed by atoms with Gasteiger partial charge < -0.3 is 10.4 Å². The molecule has 0 radical (unpaired) electrons. The molecule has 0 aliphatic heterocycles. The van der Waals surface area contributed by atoms with Crippen molar-refractivity contribution in [3.63, 3.8) is 0 Å². The fraction of sp³-hybridized carbons (Fsp3) is 0.240. The van der Waals surface area contributed by atoms with E-state index in [1.165, 1.54) is 0 Å². The van der Waals surface area contributed by atoms with Gasteiger partial charge in [0, 0.05) is 33.3 Å². The summed E-state index contributed by atoms with van der Waals surface area (Å²) in [5.41, 5.74) is 3.24. The van der Waals surface area contributed by atoms with Gasteiger partial charge in [0.15, 0.2) is 0 Å². The summed E-state index contributed by atoms with van der Waals surface area (Å²) >= 11 is 0. The third kappa shape index (κ3) is 2.68. The molecule has 1 aliphatic rings. The highest BCUT2D eigenvalue weighted by molar-refractivity contribution is 6.18. The maximum Gasteiger partial charge on any atom is 0.306 e. The van der Waals surface area contributed by atoms with E-state index in [1.54, 1.807) is 4.40 Å². The summed E-state index contributed by atoms with van der Waals surface area (Å²) in [6.07, 6.45) is 3.04. The summed E-state index contributed by atoms with van der Waals surface area (Å²) in [4.78, 5) is 29.4. The van der Waals surface area contributed by atoms with Crippen LogP contribution in [-0.2, 0) is 4.79 Å². The quantitative estimate of drug-likeness (QED) is 0.452. The average molecular weight is 411 g/mol. The van der Waals surface area contributed by atoms with Gasteiger partial charge in [0.25, 0.3) is 5.56 Å². The largest absolute Gasteiger partial charge is 0.481 e. The molecule has 1 fully saturated rings. The lowest BCUT2D eigenvalue weighted by atomic mass is 9.86. The Hall–Kier alpha value is -3.67. The molecule has 0 atom stereocenters. The molecule has 6 rings (SSSR count). The summed E-state index contributed by atoms with van der Waals surface area (Å²) in [5.74, 6) is -0.929. The van der Waals surface area contributed by atoms with Crippen LogP contribution >= 0.6 is 0 Å². The van der Waals surface area contributed by atoms with Crippen LogP contribution in [0.5, 0.6) is 0 Å². The summed E-state index contributed by atoms with van der Waals surface area (Å²) in [5, 5.41) is 16.4. The van der Waals surface area contributed by atoms with Crippen molar-refractivity contribution in [1.29, 1.82) is 0 Å². The van der Waals surface area contributed by atoms with Crippen LogP contribution in [0.15, 0.2) is 59.4 Å². The zero-order valence-electron chi connectivity index (χ0n) is 16.8. The van der Waals surface area contributed by atoms with E-state index in [0.29, 0.717) is 23.9 Å². The summed E-state index contributed by atoms with van der Waals surface area (Å²) in [6, 6.07) is 17.9. The molecule has 1 saturated carbocycles. The predicted octanol–water partition coefficient (Wildman–Crippen LogP) is 4.65. The molecule has 154 valence electrons. The number of rotatable bonds is 3. The number of carbonyl (C=O) groups is 1. The highest BCUT2D eigenvalue weighted by Crippen LogP contribution is 2.35. The number of aromatic nitrogens is 2. The summed E-state index contributed by atoms with van der Waals surface area (Å²) in [7, 11) is 0. The zero-order valence-corrected chi connectivity index (χ0v) is 16.8. The van der Waals surface area contributed by atoms with Crippen LogP contribution in [0.4, 0.5) is 5.69 Å². The topological polar surface area (TPSA) is 83.7 Å². The van der Waals surface area contributed by atoms with E-state index in [-0.39, 0.29) is 17.5 Å². The van der Waals surface area contributed by atoms with Crippen molar-refractivity contribution in [3.05, 3.63) is 65.0 Å². The Labute approximate surface area is 177 Å². The Morgan fingerprint density at radius 3 is 2.52 bits per heavy atom. The zero-order chi connectivity index (χ0) is 21.1. The molecule has 5 aromatic rings. The fourth-order valence-electron chi connectivity index (χ4n) is 5.13. The van der Waals surface area contributed by atoms with Crippen molar-refractivity contribution in [2.75, 3.05) is 5.32 Å². The van der Waals surface area contributed by atoms with Crippen molar-refractivity contribution in [1.82, 2.24) is 9.38 Å². The van der Waals surface area contributed by atoms with Gasteiger partial charge in [-0.2, -0.15) is 0 Å². The highest BCUT2D eigenvalue weighted by atomic mass is 16.4. The Balaban J connectivity index is 1.51. The molecule has 31 heavy (non-hydrogen) atoms. The molecule has 0 saturated heterocycles. The first-order valence-electron chi connectivity index (χ1n) is 10.7. The Kier molecular flexibility index (Phi) is 3.90. The molecule has 0 bridgehead atoms. The third-order valence-corrected chi connectivity index (χ3v) is 6.71. The second-order valence-corrected chi connectivity index (χ2v) is 8.48. The van der Waals surface area contributed by atoms with Crippen molar-refractivity contribution in [2.45, 2.75) is 31.7 Å². The Morgan fingerprint density at radius 2 is 1.71 bits per heavy atom. The first kappa shape index (κ1) is 18.1. The number of carboxylic acid groups (broad SMARTS) is 1. The van der Waals surface area contributed by atoms with Crippen LogP contribution < -0.4 is 10.9 Å². The van der Waals surface area contributed by atoms with E-state index in [1.807, 2.05) is 48.5 Å². The van der Waals surface area contributed by atoms with Gasteiger partial charge in [0.1, 0.15) is 5.65 Å². The second-order valence-electron chi connectivity index (χ2n) is 8.48. The van der Waals surface area contributed by atoms with Crippen LogP contribution in [0.2, 0.25) is 0 Å². The van der Waals surface area contributed by atoms with Gasteiger partial charge in [-0.15, -0.1) is 0 Å². The van der Waals surface area contributed by atoms with Gasteiger partial charge in [-0.25, -0.2) is 4.98 Å². The number of hydrogen-bond acceptors (Lipinski definition) is 4. The number of nitrogens with one attached hydrogen (secondary N) is 1. The normalized spacial score (nSPS) is 19.5. The monoisotopic (exact) mass is 411 g/mol. The van der Waals surface area contributed by atoms with Crippen molar-refractivity contribution in [2.24, 2.45) is 5.92 Å². The van der Waals surface area contributed by atoms with Crippen molar-refractivity contribution in [3.8, 4) is 0 Å². The van der Waals surface area contributed by atoms with E-state index in [4.69, 9.17) is 4.98 Å². The van der Waals surface area contributed by atoms with Crippen molar-refractivity contribution < 1.29 is 9.90 Å². The van der Waals surface area contributed by atoms with E-state index < -0.39 is 5.97 Å². The molecule has 0 spiro atoms. The van der Waals surface area contributed by atoms with Gasteiger partial charge in [-0.3, -0.25) is 14.0 Å². The number of nitrogens with zero attached hydrogens (tertiary/aromatic N) is 2. The molecule has 6 nitrogen and oxygen atoms in total. The molecule has 1 aliphatic carbocycles. The lowest BCUT2D eigenvalue weighted by Gasteiger charge is -2.28. The average Bonchev–Trinajstić information content (AvgIpc) is 3.18. The maximum atomic E-state index is 13.4. The number of fused-ring (bicyclic) bond motifs is 4. The number of benzene rings is 3. The summed E-state index contributed by atoms with van der Waals surface area (Å²) in [6.45, 7) is 0. The molecule has 0 unspecified atom stereocenters. The number of anilines is 1. The number of carboxylic acids is 1. The number of aliphatic carboxylic acids is 1. The number of hydrogen-bond donors (Lipinski definition) is 2. The smallest absolute Gasteiger partial charge is 0.306 e. The maximum absolute atomic E-state index is 13.4. The van der Waals surface area contributed by atoms with Gasteiger partial charge in [0.2, 0.25) is 0 Å².